The molecule has 0 saturated heterocycles. The fraction of sp³-hybridized carbons (Fsp3) is 0.867. The first-order chi connectivity index (χ1) is 14.3. The Kier molecular flexibility index (Phi) is 8.86. The molecule has 32 heavy (non-hydrogen) atoms. The van der Waals surface area contributed by atoms with E-state index in [4.69, 9.17) is 4.55 Å². The number of hydrogen-bond donors (Lipinski definition) is 1. The van der Waals surface area contributed by atoms with Crippen molar-refractivity contribution >= 4 is 22.1 Å². The van der Waals surface area contributed by atoms with Crippen molar-refractivity contribution in [1.29, 1.82) is 0 Å². The van der Waals surface area contributed by atoms with Crippen LogP contribution in [-0.4, -0.2) is 61.5 Å². The van der Waals surface area contributed by atoms with Crippen LogP contribution in [0.15, 0.2) is 0 Å². The Morgan fingerprint density at radius 3 is 1.91 bits per heavy atom. The van der Waals surface area contributed by atoms with Gasteiger partial charge in [0.15, 0.2) is 6.61 Å². The lowest BCUT2D eigenvalue weighted by Gasteiger charge is -2.34. The predicted molar refractivity (Wildman–Crippen MR) is 85.5 cm³/mol. The third-order valence-corrected chi connectivity index (χ3v) is 5.23. The minimum absolute atomic E-state index is 0.0190. The highest BCUT2D eigenvalue weighted by Gasteiger charge is 2.68. The van der Waals surface area contributed by atoms with Crippen LogP contribution >= 0.6 is 0 Å². The SMILES string of the molecule is O=C(OC(OCCC(F)(F)S(=O)(=O)O)(C(=O)OCC(F)(F)F)C(F)(F)F)C1CCCCC1. The summed E-state index contributed by atoms with van der Waals surface area (Å²) in [6.45, 7) is -4.56. The molecule has 188 valence electrons. The zero-order valence-corrected chi connectivity index (χ0v) is 16.8. The molecule has 1 aliphatic carbocycles. The molecule has 0 heterocycles. The molecule has 0 radical (unpaired) electrons. The number of carbonyl (C=O) groups is 2. The van der Waals surface area contributed by atoms with Gasteiger partial charge < -0.3 is 14.2 Å². The molecular weight excluding hydrogens is 492 g/mol. The predicted octanol–water partition coefficient (Wildman–Crippen LogP) is 3.36. The lowest BCUT2D eigenvalue weighted by molar-refractivity contribution is -0.359. The van der Waals surface area contributed by atoms with Gasteiger partial charge in [-0.05, 0) is 12.8 Å². The van der Waals surface area contributed by atoms with Gasteiger partial charge in [0.2, 0.25) is 0 Å². The van der Waals surface area contributed by atoms with Gasteiger partial charge in [-0.1, -0.05) is 19.3 Å². The molecule has 0 aliphatic heterocycles. The zero-order valence-electron chi connectivity index (χ0n) is 16.0. The lowest BCUT2D eigenvalue weighted by Crippen LogP contribution is -2.59. The van der Waals surface area contributed by atoms with Gasteiger partial charge >= 0.3 is 45.5 Å². The van der Waals surface area contributed by atoms with E-state index >= 15 is 0 Å². The summed E-state index contributed by atoms with van der Waals surface area (Å²) >= 11 is 0. The molecule has 1 rings (SSSR count). The fourth-order valence-corrected chi connectivity index (χ4v) is 2.97. The number of hydrogen-bond acceptors (Lipinski definition) is 7. The Bertz CT molecular complexity index is 773. The third kappa shape index (κ3) is 7.40. The molecule has 17 heteroatoms. The van der Waals surface area contributed by atoms with E-state index in [-0.39, 0.29) is 12.8 Å². The first-order valence-electron chi connectivity index (χ1n) is 8.85. The number of ether oxygens (including phenoxy) is 3. The summed E-state index contributed by atoms with van der Waals surface area (Å²) in [6.07, 6.45) is -12.2. The number of rotatable bonds is 9. The Morgan fingerprint density at radius 2 is 1.47 bits per heavy atom. The van der Waals surface area contributed by atoms with Crippen LogP contribution in [-0.2, 0) is 33.9 Å². The maximum atomic E-state index is 13.7. The summed E-state index contributed by atoms with van der Waals surface area (Å²) in [5.74, 6) is -10.7. The number of carbonyl (C=O) groups excluding carboxylic acids is 2. The molecule has 0 aromatic carbocycles. The van der Waals surface area contributed by atoms with Gasteiger partial charge in [0, 0.05) is 0 Å². The van der Waals surface area contributed by atoms with Crippen LogP contribution in [0.3, 0.4) is 0 Å². The minimum Gasteiger partial charge on any atom is -0.451 e. The van der Waals surface area contributed by atoms with Gasteiger partial charge in [-0.15, -0.1) is 0 Å². The van der Waals surface area contributed by atoms with E-state index in [2.05, 4.69) is 14.2 Å². The number of esters is 2. The van der Waals surface area contributed by atoms with Crippen LogP contribution < -0.4 is 0 Å². The Balaban J connectivity index is 3.23. The molecule has 0 amide bonds. The second-order valence-corrected chi connectivity index (χ2v) is 8.32. The molecule has 0 spiro atoms. The van der Waals surface area contributed by atoms with E-state index in [1.54, 1.807) is 0 Å². The van der Waals surface area contributed by atoms with Crippen molar-refractivity contribution in [2.24, 2.45) is 5.92 Å². The maximum Gasteiger partial charge on any atom is 0.468 e. The monoisotopic (exact) mass is 510 g/mol. The molecule has 1 fully saturated rings. The Hall–Kier alpha value is -1.75. The van der Waals surface area contributed by atoms with E-state index in [0.717, 1.165) is 0 Å². The normalized spacial score (nSPS) is 18.7. The van der Waals surface area contributed by atoms with Crippen LogP contribution in [0, 0.1) is 5.92 Å². The van der Waals surface area contributed by atoms with E-state index in [1.807, 2.05) is 0 Å². The third-order valence-electron chi connectivity index (χ3n) is 4.27. The first-order valence-corrected chi connectivity index (χ1v) is 10.3. The van der Waals surface area contributed by atoms with Gasteiger partial charge in [0.25, 0.3) is 0 Å². The highest BCUT2D eigenvalue weighted by atomic mass is 32.2. The van der Waals surface area contributed by atoms with Gasteiger partial charge in [0.1, 0.15) is 0 Å². The van der Waals surface area contributed by atoms with Crippen LogP contribution in [0.4, 0.5) is 35.1 Å². The summed E-state index contributed by atoms with van der Waals surface area (Å²) in [7, 11) is -6.11. The van der Waals surface area contributed by atoms with Crippen LogP contribution in [0.5, 0.6) is 0 Å². The van der Waals surface area contributed by atoms with Crippen molar-refractivity contribution < 1.29 is 71.9 Å². The van der Waals surface area contributed by atoms with Crippen molar-refractivity contribution in [3.05, 3.63) is 0 Å². The largest absolute Gasteiger partial charge is 0.468 e. The van der Waals surface area contributed by atoms with Crippen molar-refractivity contribution in [3.8, 4) is 0 Å². The van der Waals surface area contributed by atoms with Gasteiger partial charge in [-0.3, -0.25) is 9.35 Å². The van der Waals surface area contributed by atoms with E-state index < -0.39 is 71.0 Å². The Morgan fingerprint density at radius 1 is 0.938 bits per heavy atom. The summed E-state index contributed by atoms with van der Waals surface area (Å²) in [4.78, 5) is 24.1. The Labute approximate surface area is 175 Å². The summed E-state index contributed by atoms with van der Waals surface area (Å²) < 4.78 is 146. The van der Waals surface area contributed by atoms with Gasteiger partial charge in [-0.2, -0.15) is 43.5 Å². The summed E-state index contributed by atoms with van der Waals surface area (Å²) in [5.41, 5.74) is 0. The molecule has 0 aromatic heterocycles. The van der Waals surface area contributed by atoms with E-state index in [9.17, 15) is 53.1 Å². The minimum atomic E-state index is -6.12. The first kappa shape index (κ1) is 28.3. The highest BCUT2D eigenvalue weighted by Crippen LogP contribution is 2.39. The average molecular weight is 510 g/mol. The van der Waals surface area contributed by atoms with Crippen LogP contribution in [0.25, 0.3) is 0 Å². The lowest BCUT2D eigenvalue weighted by atomic mass is 9.89. The topological polar surface area (TPSA) is 116 Å². The quantitative estimate of drug-likeness (QED) is 0.217. The molecular formula is C15H18F8O8S. The molecule has 1 saturated carbocycles. The molecule has 1 unspecified atom stereocenters. The second-order valence-electron chi connectivity index (χ2n) is 6.77. The van der Waals surface area contributed by atoms with E-state index in [1.165, 1.54) is 0 Å². The smallest absolute Gasteiger partial charge is 0.451 e. The van der Waals surface area contributed by atoms with Crippen molar-refractivity contribution in [3.63, 3.8) is 0 Å². The molecule has 1 aliphatic rings. The number of alkyl halides is 8. The molecule has 1 N–H and O–H groups in total. The summed E-state index contributed by atoms with van der Waals surface area (Å²) in [6, 6.07) is 0. The summed E-state index contributed by atoms with van der Waals surface area (Å²) in [5, 5.41) is -5.05. The van der Waals surface area contributed by atoms with Gasteiger partial charge in [0.05, 0.1) is 18.9 Å². The van der Waals surface area contributed by atoms with E-state index in [0.29, 0.717) is 19.3 Å². The second kappa shape index (κ2) is 10.0. The van der Waals surface area contributed by atoms with Crippen molar-refractivity contribution in [2.75, 3.05) is 13.2 Å². The standard InChI is InChI=1S/C15H18F8O8S/c16-12(17,18)8-29-11(25)14(15(21,22)23,30-7-6-13(19,20)32(26,27)28)31-10(24)9-4-2-1-3-5-9/h9H,1-8H2,(H,26,27,28). The molecule has 0 bridgehead atoms. The average Bonchev–Trinajstić information content (AvgIpc) is 2.63. The molecule has 8 nitrogen and oxygen atoms in total. The highest BCUT2D eigenvalue weighted by molar-refractivity contribution is 7.86. The van der Waals surface area contributed by atoms with Crippen LogP contribution in [0.1, 0.15) is 38.5 Å². The zero-order chi connectivity index (χ0) is 25.0. The van der Waals surface area contributed by atoms with Gasteiger partial charge in [-0.25, -0.2) is 4.79 Å². The fourth-order valence-electron chi connectivity index (χ4n) is 2.63. The molecule has 0 aromatic rings. The van der Waals surface area contributed by atoms with Crippen molar-refractivity contribution in [1.82, 2.24) is 0 Å². The number of halogens is 8. The van der Waals surface area contributed by atoms with Crippen molar-refractivity contribution in [2.45, 2.75) is 61.9 Å². The molecule has 1 atom stereocenters. The van der Waals surface area contributed by atoms with Crippen LogP contribution in [0.2, 0.25) is 0 Å². The maximum absolute atomic E-state index is 13.7.